The molecule has 0 saturated heterocycles. The Bertz CT molecular complexity index is 485. The molecule has 1 aliphatic carbocycles. The van der Waals surface area contributed by atoms with Gasteiger partial charge in [0.15, 0.2) is 0 Å². The van der Waals surface area contributed by atoms with Gasteiger partial charge in [0.05, 0.1) is 11.3 Å². The summed E-state index contributed by atoms with van der Waals surface area (Å²) >= 11 is 0. The number of hydrogen-bond acceptors (Lipinski definition) is 2. The summed E-state index contributed by atoms with van der Waals surface area (Å²) in [6.45, 7) is 4.45. The van der Waals surface area contributed by atoms with Crippen LogP contribution in [0.15, 0.2) is 18.2 Å². The zero-order chi connectivity index (χ0) is 14.0. The minimum Gasteiger partial charge on any atom is -0.478 e. The van der Waals surface area contributed by atoms with Crippen LogP contribution in [0, 0.1) is 11.2 Å². The van der Waals surface area contributed by atoms with Crippen LogP contribution < -0.4 is 5.32 Å². The van der Waals surface area contributed by atoms with Crippen molar-refractivity contribution in [1.29, 1.82) is 0 Å². The lowest BCUT2D eigenvalue weighted by Gasteiger charge is -2.36. The Morgan fingerprint density at radius 2 is 2.21 bits per heavy atom. The molecule has 2 N–H and O–H groups in total. The predicted octanol–water partition coefficient (Wildman–Crippen LogP) is 3.90. The van der Waals surface area contributed by atoms with Gasteiger partial charge in [0, 0.05) is 6.04 Å². The van der Waals surface area contributed by atoms with Crippen LogP contribution in [0.3, 0.4) is 0 Å². The third-order valence-electron chi connectivity index (χ3n) is 3.78. The highest BCUT2D eigenvalue weighted by Crippen LogP contribution is 2.36. The minimum atomic E-state index is -1.11. The summed E-state index contributed by atoms with van der Waals surface area (Å²) in [5.41, 5.74) is 0.660. The molecule has 1 saturated carbocycles. The molecule has 0 bridgehead atoms. The number of nitrogens with one attached hydrogen (secondary N) is 1. The Labute approximate surface area is 112 Å². The third kappa shape index (κ3) is 3.46. The van der Waals surface area contributed by atoms with Crippen molar-refractivity contribution in [2.75, 3.05) is 5.32 Å². The third-order valence-corrected chi connectivity index (χ3v) is 3.78. The first-order chi connectivity index (χ1) is 8.87. The smallest absolute Gasteiger partial charge is 0.335 e. The SMILES string of the molecule is CC1(C)CCCC(Nc2ccc(C(=O)O)cc2F)C1. The largest absolute Gasteiger partial charge is 0.478 e. The van der Waals surface area contributed by atoms with E-state index in [2.05, 4.69) is 19.2 Å². The van der Waals surface area contributed by atoms with E-state index in [-0.39, 0.29) is 17.0 Å². The number of halogens is 1. The highest BCUT2D eigenvalue weighted by atomic mass is 19.1. The Hall–Kier alpha value is -1.58. The van der Waals surface area contributed by atoms with Crippen molar-refractivity contribution in [3.05, 3.63) is 29.6 Å². The minimum absolute atomic E-state index is 0.0213. The van der Waals surface area contributed by atoms with E-state index in [4.69, 9.17) is 5.11 Å². The lowest BCUT2D eigenvalue weighted by molar-refractivity contribution is 0.0696. The van der Waals surface area contributed by atoms with Crippen LogP contribution in [-0.4, -0.2) is 17.1 Å². The maximum Gasteiger partial charge on any atom is 0.335 e. The molecule has 0 aromatic heterocycles. The summed E-state index contributed by atoms with van der Waals surface area (Å²) in [7, 11) is 0. The van der Waals surface area contributed by atoms with E-state index in [1.807, 2.05) is 0 Å². The van der Waals surface area contributed by atoms with Gasteiger partial charge in [0.1, 0.15) is 5.82 Å². The number of rotatable bonds is 3. The van der Waals surface area contributed by atoms with Crippen molar-refractivity contribution in [3.8, 4) is 0 Å². The van der Waals surface area contributed by atoms with Crippen molar-refractivity contribution >= 4 is 11.7 Å². The number of benzene rings is 1. The first kappa shape index (κ1) is 13.8. The molecule has 3 nitrogen and oxygen atoms in total. The highest BCUT2D eigenvalue weighted by molar-refractivity contribution is 5.88. The van der Waals surface area contributed by atoms with Crippen molar-refractivity contribution in [1.82, 2.24) is 0 Å². The fourth-order valence-corrected chi connectivity index (χ4v) is 2.81. The van der Waals surface area contributed by atoms with Crippen molar-refractivity contribution in [3.63, 3.8) is 0 Å². The summed E-state index contributed by atoms with van der Waals surface area (Å²) < 4.78 is 13.8. The number of aromatic carboxylic acids is 1. The van der Waals surface area contributed by atoms with Gasteiger partial charge in [-0.05, 0) is 42.9 Å². The molecule has 104 valence electrons. The molecule has 2 rings (SSSR count). The summed E-state index contributed by atoms with van der Waals surface area (Å²) in [6.07, 6.45) is 4.38. The molecule has 0 radical (unpaired) electrons. The molecule has 0 aliphatic heterocycles. The van der Waals surface area contributed by atoms with Crippen LogP contribution in [0.5, 0.6) is 0 Å². The van der Waals surface area contributed by atoms with Crippen molar-refractivity contribution in [2.24, 2.45) is 5.41 Å². The van der Waals surface area contributed by atoms with Crippen LogP contribution in [0.1, 0.15) is 49.9 Å². The predicted molar refractivity (Wildman–Crippen MR) is 73.0 cm³/mol. The number of hydrogen-bond donors (Lipinski definition) is 2. The Morgan fingerprint density at radius 3 is 2.79 bits per heavy atom. The van der Waals surface area contributed by atoms with Crippen LogP contribution in [0.4, 0.5) is 10.1 Å². The molecule has 0 amide bonds. The van der Waals surface area contributed by atoms with Crippen LogP contribution in [-0.2, 0) is 0 Å². The zero-order valence-corrected chi connectivity index (χ0v) is 11.4. The number of carboxylic acids is 1. The van der Waals surface area contributed by atoms with Gasteiger partial charge in [-0.15, -0.1) is 0 Å². The van der Waals surface area contributed by atoms with E-state index in [0.29, 0.717) is 5.69 Å². The standard InChI is InChI=1S/C15H20FNO2/c1-15(2)7-3-4-11(9-15)17-13-6-5-10(14(18)19)8-12(13)16/h5-6,8,11,17H,3-4,7,9H2,1-2H3,(H,18,19). The molecule has 1 unspecified atom stereocenters. The monoisotopic (exact) mass is 265 g/mol. The Morgan fingerprint density at radius 1 is 1.47 bits per heavy atom. The van der Waals surface area contributed by atoms with E-state index in [9.17, 15) is 9.18 Å². The maximum atomic E-state index is 13.8. The molecule has 1 aromatic rings. The zero-order valence-electron chi connectivity index (χ0n) is 11.4. The van der Waals surface area contributed by atoms with E-state index >= 15 is 0 Å². The molecule has 0 spiro atoms. The number of carbonyl (C=O) groups is 1. The van der Waals surface area contributed by atoms with Gasteiger partial charge in [-0.3, -0.25) is 0 Å². The average Bonchev–Trinajstić information content (AvgIpc) is 2.30. The molecule has 0 heterocycles. The Balaban J connectivity index is 2.09. The van der Waals surface area contributed by atoms with E-state index in [1.54, 1.807) is 0 Å². The fourth-order valence-electron chi connectivity index (χ4n) is 2.81. The van der Waals surface area contributed by atoms with Gasteiger partial charge in [-0.2, -0.15) is 0 Å². The molecule has 1 atom stereocenters. The average molecular weight is 265 g/mol. The molecule has 1 aliphatic rings. The summed E-state index contributed by atoms with van der Waals surface area (Å²) in [5, 5.41) is 12.0. The van der Waals surface area contributed by atoms with Gasteiger partial charge in [-0.25, -0.2) is 9.18 Å². The lowest BCUT2D eigenvalue weighted by Crippen LogP contribution is -2.32. The van der Waals surface area contributed by atoms with Crippen LogP contribution in [0.25, 0.3) is 0 Å². The van der Waals surface area contributed by atoms with E-state index < -0.39 is 11.8 Å². The van der Waals surface area contributed by atoms with Gasteiger partial charge in [-0.1, -0.05) is 20.3 Å². The number of anilines is 1. The molecular formula is C15H20FNO2. The second-order valence-electron chi connectivity index (χ2n) is 6.10. The quantitative estimate of drug-likeness (QED) is 0.871. The second-order valence-corrected chi connectivity index (χ2v) is 6.10. The normalized spacial score (nSPS) is 21.9. The van der Waals surface area contributed by atoms with Gasteiger partial charge in [0.25, 0.3) is 0 Å². The van der Waals surface area contributed by atoms with Crippen molar-refractivity contribution < 1.29 is 14.3 Å². The number of carboxylic acid groups (broad SMARTS) is 1. The molecule has 19 heavy (non-hydrogen) atoms. The Kier molecular flexibility index (Phi) is 3.78. The first-order valence-corrected chi connectivity index (χ1v) is 6.67. The topological polar surface area (TPSA) is 49.3 Å². The van der Waals surface area contributed by atoms with Gasteiger partial charge in [0.2, 0.25) is 0 Å². The summed E-state index contributed by atoms with van der Waals surface area (Å²) in [6, 6.07) is 4.27. The molecule has 4 heteroatoms. The van der Waals surface area contributed by atoms with E-state index in [0.717, 1.165) is 25.3 Å². The van der Waals surface area contributed by atoms with Gasteiger partial charge < -0.3 is 10.4 Å². The van der Waals surface area contributed by atoms with Crippen LogP contribution in [0.2, 0.25) is 0 Å². The second kappa shape index (κ2) is 5.19. The molecular weight excluding hydrogens is 245 g/mol. The lowest BCUT2D eigenvalue weighted by atomic mass is 9.75. The summed E-state index contributed by atoms with van der Waals surface area (Å²) in [5.74, 6) is -1.60. The highest BCUT2D eigenvalue weighted by Gasteiger charge is 2.28. The van der Waals surface area contributed by atoms with E-state index in [1.165, 1.54) is 18.6 Å². The maximum absolute atomic E-state index is 13.8. The molecule has 1 aromatic carbocycles. The van der Waals surface area contributed by atoms with Crippen molar-refractivity contribution in [2.45, 2.75) is 45.6 Å². The van der Waals surface area contributed by atoms with Crippen LogP contribution >= 0.6 is 0 Å². The summed E-state index contributed by atoms with van der Waals surface area (Å²) in [4.78, 5) is 10.8. The fraction of sp³-hybridized carbons (Fsp3) is 0.533. The van der Waals surface area contributed by atoms with Gasteiger partial charge >= 0.3 is 5.97 Å². The first-order valence-electron chi connectivity index (χ1n) is 6.67. The molecule has 1 fully saturated rings.